The van der Waals surface area contributed by atoms with Crippen molar-refractivity contribution in [1.29, 1.82) is 0 Å². The molecular formula is C30H24O. The van der Waals surface area contributed by atoms with Crippen molar-refractivity contribution >= 4 is 5.78 Å². The minimum atomic E-state index is -0.0587. The lowest BCUT2D eigenvalue weighted by Gasteiger charge is -2.22. The molecule has 6 rings (SSSR count). The summed E-state index contributed by atoms with van der Waals surface area (Å²) in [5.41, 5.74) is 12.6. The highest BCUT2D eigenvalue weighted by molar-refractivity contribution is 6.24. The molecule has 1 heteroatoms. The molecule has 0 bridgehead atoms. The lowest BCUT2D eigenvalue weighted by molar-refractivity contribution is 0.104. The second kappa shape index (κ2) is 6.28. The molecule has 4 aromatic rings. The van der Waals surface area contributed by atoms with Gasteiger partial charge in [-0.3, -0.25) is 4.79 Å². The largest absolute Gasteiger partial charge is 0.289 e. The van der Waals surface area contributed by atoms with Gasteiger partial charge in [0.25, 0.3) is 0 Å². The topological polar surface area (TPSA) is 17.1 Å². The molecule has 0 saturated heterocycles. The van der Waals surface area contributed by atoms with Gasteiger partial charge in [0.15, 0.2) is 5.78 Å². The average Bonchev–Trinajstić information content (AvgIpc) is 3.22. The molecule has 0 heterocycles. The number of hydrogen-bond acceptors (Lipinski definition) is 1. The van der Waals surface area contributed by atoms with Crippen LogP contribution < -0.4 is 0 Å². The Morgan fingerprint density at radius 2 is 1.29 bits per heavy atom. The van der Waals surface area contributed by atoms with Crippen LogP contribution in [0.4, 0.5) is 0 Å². The predicted octanol–water partition coefficient (Wildman–Crippen LogP) is 7.43. The molecule has 0 fully saturated rings. The summed E-state index contributed by atoms with van der Waals surface area (Å²) in [6.45, 7) is 6.84. The van der Waals surface area contributed by atoms with E-state index in [9.17, 15) is 4.79 Å². The van der Waals surface area contributed by atoms with E-state index in [-0.39, 0.29) is 11.2 Å². The molecule has 150 valence electrons. The van der Waals surface area contributed by atoms with Crippen LogP contribution in [0.5, 0.6) is 0 Å². The van der Waals surface area contributed by atoms with Gasteiger partial charge in [0, 0.05) is 16.5 Å². The quantitative estimate of drug-likeness (QED) is 0.301. The second-order valence-electron chi connectivity index (χ2n) is 9.22. The zero-order valence-corrected chi connectivity index (χ0v) is 18.1. The number of aryl methyl sites for hydroxylation is 1. The molecule has 0 amide bonds. The lowest BCUT2D eigenvalue weighted by atomic mass is 9.80. The Kier molecular flexibility index (Phi) is 3.71. The molecule has 1 nitrogen and oxygen atoms in total. The first-order valence-electron chi connectivity index (χ1n) is 11.1. The van der Waals surface area contributed by atoms with Crippen LogP contribution in [0.2, 0.25) is 0 Å². The molecule has 0 unspecified atom stereocenters. The van der Waals surface area contributed by atoms with E-state index in [0.717, 1.165) is 39.8 Å². The van der Waals surface area contributed by atoms with Gasteiger partial charge in [-0.05, 0) is 62.6 Å². The Morgan fingerprint density at radius 3 is 2.06 bits per heavy atom. The first kappa shape index (κ1) is 18.3. The normalized spacial score (nSPS) is 14.7. The van der Waals surface area contributed by atoms with Crippen LogP contribution in [-0.4, -0.2) is 5.78 Å². The van der Waals surface area contributed by atoms with E-state index in [0.29, 0.717) is 0 Å². The van der Waals surface area contributed by atoms with Crippen LogP contribution in [-0.2, 0) is 11.8 Å². The Labute approximate surface area is 183 Å². The highest BCUT2D eigenvalue weighted by Gasteiger charge is 2.36. The average molecular weight is 401 g/mol. The van der Waals surface area contributed by atoms with Crippen LogP contribution in [0.25, 0.3) is 33.4 Å². The van der Waals surface area contributed by atoms with Crippen LogP contribution in [0.15, 0.2) is 78.9 Å². The summed E-state index contributed by atoms with van der Waals surface area (Å²) >= 11 is 0. The maximum atomic E-state index is 13.3. The van der Waals surface area contributed by atoms with Crippen molar-refractivity contribution in [2.45, 2.75) is 32.6 Å². The molecule has 4 aromatic carbocycles. The van der Waals surface area contributed by atoms with Crippen molar-refractivity contribution in [2.75, 3.05) is 0 Å². The van der Waals surface area contributed by atoms with Gasteiger partial charge in [-0.2, -0.15) is 0 Å². The summed E-state index contributed by atoms with van der Waals surface area (Å²) in [4.78, 5) is 13.3. The van der Waals surface area contributed by atoms with E-state index >= 15 is 0 Å². The first-order chi connectivity index (χ1) is 15.0. The van der Waals surface area contributed by atoms with Gasteiger partial charge in [-0.1, -0.05) is 93.6 Å². The Balaban J connectivity index is 1.54. The van der Waals surface area contributed by atoms with Crippen molar-refractivity contribution in [3.05, 3.63) is 107 Å². The van der Waals surface area contributed by atoms with Gasteiger partial charge in [0.05, 0.1) is 0 Å². The van der Waals surface area contributed by atoms with Gasteiger partial charge < -0.3 is 0 Å². The molecule has 2 aliphatic carbocycles. The van der Waals surface area contributed by atoms with Crippen molar-refractivity contribution in [3.8, 4) is 33.4 Å². The summed E-state index contributed by atoms with van der Waals surface area (Å²) < 4.78 is 0. The zero-order valence-electron chi connectivity index (χ0n) is 18.1. The summed E-state index contributed by atoms with van der Waals surface area (Å²) in [5, 5.41) is 0. The smallest absolute Gasteiger partial charge is 0.194 e. The van der Waals surface area contributed by atoms with Crippen LogP contribution in [0.1, 0.15) is 53.4 Å². The fourth-order valence-corrected chi connectivity index (χ4v) is 5.48. The number of carbonyl (C=O) groups is 1. The number of fused-ring (bicyclic) bond motifs is 6. The number of rotatable bonds is 2. The van der Waals surface area contributed by atoms with E-state index in [4.69, 9.17) is 0 Å². The molecule has 0 N–H and O–H groups in total. The number of carbonyl (C=O) groups excluding carboxylic acids is 1. The van der Waals surface area contributed by atoms with E-state index in [1.54, 1.807) is 0 Å². The fraction of sp³-hybridized carbons (Fsp3) is 0.167. The molecule has 0 radical (unpaired) electrons. The van der Waals surface area contributed by atoms with Crippen LogP contribution >= 0.6 is 0 Å². The van der Waals surface area contributed by atoms with Crippen LogP contribution in [0, 0.1) is 0 Å². The van der Waals surface area contributed by atoms with Crippen molar-refractivity contribution < 1.29 is 4.79 Å². The third-order valence-electron chi connectivity index (χ3n) is 7.21. The molecule has 0 atom stereocenters. The van der Waals surface area contributed by atoms with Gasteiger partial charge in [0.2, 0.25) is 0 Å². The fourth-order valence-electron chi connectivity index (χ4n) is 5.48. The third-order valence-corrected chi connectivity index (χ3v) is 7.21. The standard InChI is InChI=1S/C30H24O/c1-4-18-12-14-22-23-15-13-19(17-27(23)30(2,3)26(22)16-18)20-10-7-11-24-21-8-5-6-9-25(21)29(31)28(20)24/h5-17H,4H2,1-3H3. The van der Waals surface area contributed by atoms with Gasteiger partial charge in [-0.15, -0.1) is 0 Å². The van der Waals surface area contributed by atoms with E-state index < -0.39 is 0 Å². The van der Waals surface area contributed by atoms with E-state index in [2.05, 4.69) is 81.4 Å². The van der Waals surface area contributed by atoms with Gasteiger partial charge in [-0.25, -0.2) is 0 Å². The second-order valence-corrected chi connectivity index (χ2v) is 9.22. The highest BCUT2D eigenvalue weighted by atomic mass is 16.1. The number of hydrogen-bond donors (Lipinski definition) is 0. The van der Waals surface area contributed by atoms with Crippen LogP contribution in [0.3, 0.4) is 0 Å². The van der Waals surface area contributed by atoms with Crippen molar-refractivity contribution in [3.63, 3.8) is 0 Å². The summed E-state index contributed by atoms with van der Waals surface area (Å²) in [6, 6.07) is 27.8. The monoisotopic (exact) mass is 400 g/mol. The minimum absolute atomic E-state index is 0.0587. The maximum absolute atomic E-state index is 13.3. The Hall–Kier alpha value is -3.45. The summed E-state index contributed by atoms with van der Waals surface area (Å²) in [6.07, 6.45) is 1.05. The minimum Gasteiger partial charge on any atom is -0.289 e. The molecule has 2 aliphatic rings. The molecule has 0 spiro atoms. The summed E-state index contributed by atoms with van der Waals surface area (Å²) in [5.74, 6) is 0.136. The predicted molar refractivity (Wildman–Crippen MR) is 128 cm³/mol. The molecule has 0 saturated carbocycles. The first-order valence-corrected chi connectivity index (χ1v) is 11.1. The Bertz CT molecular complexity index is 1400. The zero-order chi connectivity index (χ0) is 21.3. The van der Waals surface area contributed by atoms with Gasteiger partial charge in [0.1, 0.15) is 0 Å². The molecular weight excluding hydrogens is 376 g/mol. The Morgan fingerprint density at radius 1 is 0.645 bits per heavy atom. The highest BCUT2D eigenvalue weighted by Crippen LogP contribution is 2.50. The molecule has 0 aromatic heterocycles. The lowest BCUT2D eigenvalue weighted by Crippen LogP contribution is -2.15. The summed E-state index contributed by atoms with van der Waals surface area (Å²) in [7, 11) is 0. The maximum Gasteiger partial charge on any atom is 0.194 e. The van der Waals surface area contributed by atoms with Gasteiger partial charge >= 0.3 is 0 Å². The van der Waals surface area contributed by atoms with Crippen molar-refractivity contribution in [1.82, 2.24) is 0 Å². The molecule has 0 aliphatic heterocycles. The number of benzene rings is 4. The van der Waals surface area contributed by atoms with Crippen molar-refractivity contribution in [2.24, 2.45) is 0 Å². The van der Waals surface area contributed by atoms with E-state index in [1.165, 1.54) is 27.8 Å². The number of ketones is 1. The third kappa shape index (κ3) is 2.41. The molecule has 31 heavy (non-hydrogen) atoms. The van der Waals surface area contributed by atoms with E-state index in [1.807, 2.05) is 18.2 Å². The SMILES string of the molecule is CCc1ccc2c(c1)C(C)(C)c1cc(-c3cccc4c3C(=O)c3ccccc3-4)ccc1-2.